The Morgan fingerprint density at radius 2 is 0.811 bits per heavy atom. The molecule has 0 heterocycles. The quantitative estimate of drug-likeness (QED) is 0.0734. The van der Waals surface area contributed by atoms with E-state index in [0.717, 1.165) is 54.8 Å². The summed E-state index contributed by atoms with van der Waals surface area (Å²) in [4.78, 5) is 0. The van der Waals surface area contributed by atoms with Gasteiger partial charge in [0.1, 0.15) is 0 Å². The summed E-state index contributed by atoms with van der Waals surface area (Å²) in [7, 11) is 0. The molecule has 0 amide bonds. The number of hydrogen-bond donors (Lipinski definition) is 3. The maximum absolute atomic E-state index is 10.7. The summed E-state index contributed by atoms with van der Waals surface area (Å²) >= 11 is 0. The summed E-state index contributed by atoms with van der Waals surface area (Å²) in [5.74, 6) is 7.10. The van der Waals surface area contributed by atoms with Gasteiger partial charge in [-0.05, 0) is 102 Å². The first-order chi connectivity index (χ1) is 24.8. The van der Waals surface area contributed by atoms with Crippen molar-refractivity contribution in [3.63, 3.8) is 0 Å². The molecule has 2 aliphatic carbocycles. The molecule has 3 N–H and O–H groups in total. The Bertz CT molecular complexity index is 928. The van der Waals surface area contributed by atoms with Gasteiger partial charge in [0, 0.05) is 0 Å². The zero-order valence-corrected chi connectivity index (χ0v) is 38.1. The maximum Gasteiger partial charge on any atom is 0.0804 e. The van der Waals surface area contributed by atoms with Gasteiger partial charge in [-0.15, -0.1) is 0 Å². The normalized spacial score (nSPS) is 30.7. The van der Waals surface area contributed by atoms with Gasteiger partial charge in [0.05, 0.1) is 18.3 Å². The van der Waals surface area contributed by atoms with Crippen molar-refractivity contribution in [2.45, 2.75) is 249 Å². The van der Waals surface area contributed by atoms with E-state index in [9.17, 15) is 15.3 Å². The molecule has 0 aromatic rings. The third kappa shape index (κ3) is 18.8. The molecule has 2 fully saturated rings. The van der Waals surface area contributed by atoms with Crippen LogP contribution in [-0.4, -0.2) is 33.6 Å². The molecule has 0 aliphatic heterocycles. The minimum Gasteiger partial charge on any atom is -0.393 e. The van der Waals surface area contributed by atoms with Crippen LogP contribution in [-0.2, 0) is 0 Å². The SMILES string of the molecule is CC(CCCCC(C)CCCC(C)CCCC(C)CCC1C(C)[C@@H](O)C(C)CC1(C)C)CCCC(C)CCCC(C)CCC1CC(O)C(O)CC1(C)C. The second-order valence-corrected chi connectivity index (χ2v) is 22.2. The van der Waals surface area contributed by atoms with E-state index in [4.69, 9.17) is 0 Å². The maximum atomic E-state index is 10.7. The number of aliphatic hydroxyl groups excluding tert-OH is 3. The minimum atomic E-state index is -0.539. The lowest BCUT2D eigenvalue weighted by Gasteiger charge is -2.49. The molecule has 2 rings (SSSR count). The lowest BCUT2D eigenvalue weighted by atomic mass is 9.58. The van der Waals surface area contributed by atoms with Crippen LogP contribution >= 0.6 is 0 Å². The molecule has 2 saturated carbocycles. The number of rotatable bonds is 27. The highest BCUT2D eigenvalue weighted by atomic mass is 16.3. The van der Waals surface area contributed by atoms with Crippen molar-refractivity contribution in [2.75, 3.05) is 0 Å². The van der Waals surface area contributed by atoms with Gasteiger partial charge in [0.25, 0.3) is 0 Å². The Morgan fingerprint density at radius 3 is 1.23 bits per heavy atom. The first-order valence-corrected chi connectivity index (χ1v) is 23.9. The second-order valence-electron chi connectivity index (χ2n) is 22.2. The molecule has 316 valence electrons. The van der Waals surface area contributed by atoms with E-state index in [1.807, 2.05) is 0 Å². The number of aliphatic hydroxyl groups is 3. The van der Waals surface area contributed by atoms with Crippen LogP contribution in [0.5, 0.6) is 0 Å². The summed E-state index contributed by atoms with van der Waals surface area (Å²) in [5.41, 5.74) is 0.495. The van der Waals surface area contributed by atoms with Gasteiger partial charge in [-0.25, -0.2) is 0 Å². The second kappa shape index (κ2) is 24.6. The van der Waals surface area contributed by atoms with Crippen LogP contribution in [0.3, 0.4) is 0 Å². The highest BCUT2D eigenvalue weighted by Gasteiger charge is 2.44. The number of unbranched alkanes of at least 4 members (excludes halogenated alkanes) is 1. The molecule has 13 atom stereocenters. The zero-order chi connectivity index (χ0) is 39.8. The highest BCUT2D eigenvalue weighted by molar-refractivity contribution is 4.94. The summed E-state index contributed by atoms with van der Waals surface area (Å²) in [6.07, 6.45) is 28.9. The van der Waals surface area contributed by atoms with Crippen LogP contribution in [0.15, 0.2) is 0 Å². The van der Waals surface area contributed by atoms with Crippen LogP contribution < -0.4 is 0 Å². The molecular weight excluding hydrogens is 649 g/mol. The predicted octanol–water partition coefficient (Wildman–Crippen LogP) is 14.4. The van der Waals surface area contributed by atoms with E-state index in [1.165, 1.54) is 128 Å². The Kier molecular flexibility index (Phi) is 22.8. The highest BCUT2D eigenvalue weighted by Crippen LogP contribution is 2.49. The van der Waals surface area contributed by atoms with E-state index < -0.39 is 12.2 Å². The van der Waals surface area contributed by atoms with Crippen LogP contribution in [0.25, 0.3) is 0 Å². The average Bonchev–Trinajstić information content (AvgIpc) is 3.06. The Balaban J connectivity index is 1.43. The molecule has 0 aromatic carbocycles. The molecular formula is C50H98O3. The minimum absolute atomic E-state index is 0.117. The third-order valence-corrected chi connectivity index (χ3v) is 15.6. The van der Waals surface area contributed by atoms with Gasteiger partial charge in [-0.2, -0.15) is 0 Å². The van der Waals surface area contributed by atoms with Crippen molar-refractivity contribution < 1.29 is 15.3 Å². The van der Waals surface area contributed by atoms with Crippen molar-refractivity contribution >= 4 is 0 Å². The first-order valence-electron chi connectivity index (χ1n) is 23.9. The van der Waals surface area contributed by atoms with E-state index in [0.29, 0.717) is 29.1 Å². The van der Waals surface area contributed by atoms with Crippen LogP contribution in [0.2, 0.25) is 0 Å². The summed E-state index contributed by atoms with van der Waals surface area (Å²) in [5, 5.41) is 31.0. The van der Waals surface area contributed by atoms with Crippen LogP contribution in [0.1, 0.15) is 231 Å². The summed E-state index contributed by atoms with van der Waals surface area (Å²) in [6, 6.07) is 0. The first kappa shape index (κ1) is 49.0. The molecule has 3 heteroatoms. The Labute approximate surface area is 333 Å². The van der Waals surface area contributed by atoms with Crippen molar-refractivity contribution in [2.24, 2.45) is 70.0 Å². The predicted molar refractivity (Wildman–Crippen MR) is 232 cm³/mol. The lowest BCUT2D eigenvalue weighted by molar-refractivity contribution is -0.0758. The molecule has 0 bridgehead atoms. The molecule has 0 spiro atoms. The van der Waals surface area contributed by atoms with E-state index >= 15 is 0 Å². The van der Waals surface area contributed by atoms with Crippen molar-refractivity contribution in [3.8, 4) is 0 Å². The fraction of sp³-hybridized carbons (Fsp3) is 1.00. The zero-order valence-electron chi connectivity index (χ0n) is 38.1. The van der Waals surface area contributed by atoms with Crippen LogP contribution in [0.4, 0.5) is 0 Å². The topological polar surface area (TPSA) is 60.7 Å². The fourth-order valence-corrected chi connectivity index (χ4v) is 11.4. The molecule has 2 aliphatic rings. The molecule has 0 radical (unpaired) electrons. The fourth-order valence-electron chi connectivity index (χ4n) is 11.4. The van der Waals surface area contributed by atoms with Crippen molar-refractivity contribution in [1.82, 2.24) is 0 Å². The van der Waals surface area contributed by atoms with E-state index in [-0.39, 0.29) is 11.5 Å². The summed E-state index contributed by atoms with van der Waals surface area (Å²) < 4.78 is 0. The number of hydrogen-bond acceptors (Lipinski definition) is 3. The van der Waals surface area contributed by atoms with Crippen molar-refractivity contribution in [3.05, 3.63) is 0 Å². The Hall–Kier alpha value is -0.120. The smallest absolute Gasteiger partial charge is 0.0804 e. The molecule has 0 aromatic heterocycles. The largest absolute Gasteiger partial charge is 0.393 e. The van der Waals surface area contributed by atoms with E-state index in [2.05, 4.69) is 83.1 Å². The monoisotopic (exact) mass is 747 g/mol. The van der Waals surface area contributed by atoms with Gasteiger partial charge in [0.15, 0.2) is 0 Å². The van der Waals surface area contributed by atoms with Crippen LogP contribution in [0, 0.1) is 70.0 Å². The Morgan fingerprint density at radius 1 is 0.453 bits per heavy atom. The van der Waals surface area contributed by atoms with Gasteiger partial charge in [0.2, 0.25) is 0 Å². The summed E-state index contributed by atoms with van der Waals surface area (Å²) in [6.45, 7) is 28.9. The third-order valence-electron chi connectivity index (χ3n) is 15.6. The van der Waals surface area contributed by atoms with Gasteiger partial charge >= 0.3 is 0 Å². The molecule has 12 unspecified atom stereocenters. The van der Waals surface area contributed by atoms with E-state index in [1.54, 1.807) is 0 Å². The van der Waals surface area contributed by atoms with Gasteiger partial charge < -0.3 is 15.3 Å². The van der Waals surface area contributed by atoms with Gasteiger partial charge in [-0.1, -0.05) is 199 Å². The molecule has 3 nitrogen and oxygen atoms in total. The average molecular weight is 747 g/mol. The lowest BCUT2D eigenvalue weighted by Crippen LogP contribution is -2.45. The van der Waals surface area contributed by atoms with Crippen molar-refractivity contribution in [1.29, 1.82) is 0 Å². The van der Waals surface area contributed by atoms with Gasteiger partial charge in [-0.3, -0.25) is 0 Å². The molecule has 0 saturated heterocycles. The molecule has 53 heavy (non-hydrogen) atoms. The standard InChI is InChI=1S/C50H98O3/c1-36(21-15-23-38(3)25-17-27-40(5)29-31-44-33-46(51)47(52)35-49(44,9)10)19-13-14-20-37(2)22-16-24-39(4)26-18-28-41(6)30-32-45-43(8)48(53)42(7)34-50(45,11)12/h36-48,51-53H,13-35H2,1-12H3/t36?,37?,38?,39?,40?,41?,42?,43?,44?,45?,46?,47?,48-/m0/s1.